The van der Waals surface area contributed by atoms with Gasteiger partial charge in [0.25, 0.3) is 0 Å². The SMILES string of the molecule is CCC(C)NCC(O)COc1ccc(O)c2c1CCC(=O)N2. The Morgan fingerprint density at radius 2 is 2.18 bits per heavy atom. The molecule has 4 N–H and O–H groups in total. The minimum atomic E-state index is -0.614. The van der Waals surface area contributed by atoms with Gasteiger partial charge in [-0.3, -0.25) is 4.79 Å². The molecular formula is C16H24N2O4. The highest BCUT2D eigenvalue weighted by Crippen LogP contribution is 2.37. The highest BCUT2D eigenvalue weighted by molar-refractivity contribution is 5.96. The lowest BCUT2D eigenvalue weighted by Crippen LogP contribution is -2.36. The van der Waals surface area contributed by atoms with Gasteiger partial charge in [-0.05, 0) is 31.9 Å². The zero-order valence-corrected chi connectivity index (χ0v) is 13.1. The van der Waals surface area contributed by atoms with Crippen LogP contribution in [0.2, 0.25) is 0 Å². The van der Waals surface area contributed by atoms with E-state index >= 15 is 0 Å². The molecule has 2 rings (SSSR count). The molecule has 6 nitrogen and oxygen atoms in total. The van der Waals surface area contributed by atoms with Gasteiger partial charge >= 0.3 is 0 Å². The minimum absolute atomic E-state index is 0.0365. The number of nitrogens with one attached hydrogen (secondary N) is 2. The molecule has 0 radical (unpaired) electrons. The molecule has 22 heavy (non-hydrogen) atoms. The van der Waals surface area contributed by atoms with Gasteiger partial charge < -0.3 is 25.6 Å². The average Bonchev–Trinajstić information content (AvgIpc) is 2.52. The van der Waals surface area contributed by atoms with E-state index < -0.39 is 6.10 Å². The number of aromatic hydroxyl groups is 1. The molecule has 0 aliphatic carbocycles. The number of amides is 1. The van der Waals surface area contributed by atoms with Crippen molar-refractivity contribution in [3.8, 4) is 11.5 Å². The van der Waals surface area contributed by atoms with Crippen molar-refractivity contribution in [1.29, 1.82) is 0 Å². The fraction of sp³-hybridized carbons (Fsp3) is 0.562. The molecule has 0 saturated carbocycles. The highest BCUT2D eigenvalue weighted by Gasteiger charge is 2.22. The van der Waals surface area contributed by atoms with Crippen molar-refractivity contribution in [1.82, 2.24) is 5.32 Å². The lowest BCUT2D eigenvalue weighted by Gasteiger charge is -2.22. The number of fused-ring (bicyclic) bond motifs is 1. The van der Waals surface area contributed by atoms with Gasteiger partial charge in [-0.25, -0.2) is 0 Å². The summed E-state index contributed by atoms with van der Waals surface area (Å²) < 4.78 is 5.67. The number of anilines is 1. The summed E-state index contributed by atoms with van der Waals surface area (Å²) in [5.74, 6) is 0.516. The zero-order valence-electron chi connectivity index (χ0n) is 13.1. The van der Waals surface area contributed by atoms with Crippen molar-refractivity contribution < 1.29 is 19.7 Å². The molecule has 0 bridgehead atoms. The van der Waals surface area contributed by atoms with E-state index in [-0.39, 0.29) is 18.3 Å². The van der Waals surface area contributed by atoms with Crippen molar-refractivity contribution in [3.63, 3.8) is 0 Å². The van der Waals surface area contributed by atoms with Crippen LogP contribution in [0.25, 0.3) is 0 Å². The number of aliphatic hydroxyl groups is 1. The summed E-state index contributed by atoms with van der Waals surface area (Å²) >= 11 is 0. The van der Waals surface area contributed by atoms with E-state index in [1.54, 1.807) is 6.07 Å². The molecule has 1 aliphatic heterocycles. The molecule has 1 heterocycles. The highest BCUT2D eigenvalue weighted by atomic mass is 16.5. The molecule has 122 valence electrons. The number of phenols is 1. The molecule has 2 atom stereocenters. The first-order valence-corrected chi connectivity index (χ1v) is 7.70. The second-order valence-electron chi connectivity index (χ2n) is 5.67. The summed E-state index contributed by atoms with van der Waals surface area (Å²) in [7, 11) is 0. The molecular weight excluding hydrogens is 284 g/mol. The fourth-order valence-corrected chi connectivity index (χ4v) is 2.31. The van der Waals surface area contributed by atoms with Crippen LogP contribution in [0.5, 0.6) is 11.5 Å². The number of carbonyl (C=O) groups excluding carboxylic acids is 1. The van der Waals surface area contributed by atoms with Crippen molar-refractivity contribution in [3.05, 3.63) is 17.7 Å². The summed E-state index contributed by atoms with van der Waals surface area (Å²) in [6, 6.07) is 3.51. The largest absolute Gasteiger partial charge is 0.506 e. The van der Waals surface area contributed by atoms with Crippen molar-refractivity contribution in [2.75, 3.05) is 18.5 Å². The van der Waals surface area contributed by atoms with Gasteiger partial charge in [0.2, 0.25) is 5.91 Å². The van der Waals surface area contributed by atoms with E-state index in [2.05, 4.69) is 24.5 Å². The quantitative estimate of drug-likeness (QED) is 0.572. The number of carbonyl (C=O) groups is 1. The van der Waals surface area contributed by atoms with Gasteiger partial charge in [0.1, 0.15) is 24.2 Å². The maximum absolute atomic E-state index is 11.4. The smallest absolute Gasteiger partial charge is 0.224 e. The fourth-order valence-electron chi connectivity index (χ4n) is 2.31. The summed E-state index contributed by atoms with van der Waals surface area (Å²) in [4.78, 5) is 11.4. The van der Waals surface area contributed by atoms with Crippen LogP contribution in [0.4, 0.5) is 5.69 Å². The first kappa shape index (κ1) is 16.6. The Balaban J connectivity index is 1.96. The summed E-state index contributed by atoms with van der Waals surface area (Å²) in [5.41, 5.74) is 1.20. The van der Waals surface area contributed by atoms with Crippen LogP contribution < -0.4 is 15.4 Å². The molecule has 1 aliphatic rings. The Morgan fingerprint density at radius 3 is 2.91 bits per heavy atom. The van der Waals surface area contributed by atoms with E-state index in [1.807, 2.05) is 0 Å². The van der Waals surface area contributed by atoms with Crippen LogP contribution in [0, 0.1) is 0 Å². The molecule has 1 amide bonds. The molecule has 6 heteroatoms. The number of hydrogen-bond acceptors (Lipinski definition) is 5. The Bertz CT molecular complexity index is 533. The third-order valence-electron chi connectivity index (χ3n) is 3.86. The van der Waals surface area contributed by atoms with Crippen molar-refractivity contribution in [2.24, 2.45) is 0 Å². The maximum atomic E-state index is 11.4. The Labute approximate surface area is 130 Å². The molecule has 1 aromatic rings. The number of aliphatic hydroxyl groups excluding tert-OH is 1. The van der Waals surface area contributed by atoms with Crippen LogP contribution in [0.15, 0.2) is 12.1 Å². The van der Waals surface area contributed by atoms with Gasteiger partial charge in [-0.15, -0.1) is 0 Å². The zero-order chi connectivity index (χ0) is 16.1. The number of hydrogen-bond donors (Lipinski definition) is 4. The average molecular weight is 308 g/mol. The van der Waals surface area contributed by atoms with E-state index in [0.29, 0.717) is 36.9 Å². The molecule has 0 spiro atoms. The van der Waals surface area contributed by atoms with Crippen molar-refractivity contribution in [2.45, 2.75) is 45.3 Å². The standard InChI is InChI=1S/C16H24N2O4/c1-3-10(2)17-8-11(19)9-22-14-6-5-13(20)16-12(14)4-7-15(21)18-16/h5-6,10-11,17,19-20H,3-4,7-9H2,1-2H3,(H,18,21). The molecule has 0 saturated heterocycles. The van der Waals surface area contributed by atoms with Gasteiger partial charge in [0, 0.05) is 24.6 Å². The van der Waals surface area contributed by atoms with Crippen LogP contribution in [0.3, 0.4) is 0 Å². The van der Waals surface area contributed by atoms with E-state index in [0.717, 1.165) is 12.0 Å². The lowest BCUT2D eigenvalue weighted by atomic mass is 10.0. The van der Waals surface area contributed by atoms with Crippen molar-refractivity contribution >= 4 is 11.6 Å². The molecule has 1 aromatic carbocycles. The number of rotatable bonds is 7. The number of benzene rings is 1. The molecule has 0 fully saturated rings. The third kappa shape index (κ3) is 4.11. The summed E-state index contributed by atoms with van der Waals surface area (Å²) in [5, 5.41) is 25.6. The summed E-state index contributed by atoms with van der Waals surface area (Å²) in [6.45, 7) is 4.77. The third-order valence-corrected chi connectivity index (χ3v) is 3.86. The second kappa shape index (κ2) is 7.47. The lowest BCUT2D eigenvalue weighted by molar-refractivity contribution is -0.116. The van der Waals surface area contributed by atoms with Gasteiger partial charge in [0.15, 0.2) is 0 Å². The first-order chi connectivity index (χ1) is 10.5. The molecule has 2 unspecified atom stereocenters. The van der Waals surface area contributed by atoms with Crippen LogP contribution in [-0.2, 0) is 11.2 Å². The van der Waals surface area contributed by atoms with Gasteiger partial charge in [-0.2, -0.15) is 0 Å². The molecule has 0 aromatic heterocycles. The maximum Gasteiger partial charge on any atom is 0.224 e. The van der Waals surface area contributed by atoms with E-state index in [9.17, 15) is 15.0 Å². The normalized spacial score (nSPS) is 16.6. The Kier molecular flexibility index (Phi) is 5.63. The van der Waals surface area contributed by atoms with Crippen LogP contribution >= 0.6 is 0 Å². The monoisotopic (exact) mass is 308 g/mol. The van der Waals surface area contributed by atoms with Gasteiger partial charge in [-0.1, -0.05) is 6.92 Å². The minimum Gasteiger partial charge on any atom is -0.506 e. The number of ether oxygens (including phenoxy) is 1. The second-order valence-corrected chi connectivity index (χ2v) is 5.67. The predicted molar refractivity (Wildman–Crippen MR) is 84.3 cm³/mol. The predicted octanol–water partition coefficient (Wildman–Crippen LogP) is 1.40. The summed E-state index contributed by atoms with van der Waals surface area (Å²) in [6.07, 6.45) is 1.27. The van der Waals surface area contributed by atoms with E-state index in [4.69, 9.17) is 4.74 Å². The first-order valence-electron chi connectivity index (χ1n) is 7.70. The Hall–Kier alpha value is -1.79. The van der Waals surface area contributed by atoms with Crippen LogP contribution in [-0.4, -0.2) is 41.4 Å². The van der Waals surface area contributed by atoms with E-state index in [1.165, 1.54) is 6.07 Å². The van der Waals surface area contributed by atoms with Gasteiger partial charge in [0.05, 0.1) is 5.69 Å². The van der Waals surface area contributed by atoms with Crippen LogP contribution in [0.1, 0.15) is 32.3 Å². The Morgan fingerprint density at radius 1 is 1.41 bits per heavy atom. The number of phenolic OH excluding ortho intramolecular Hbond substituents is 1. The topological polar surface area (TPSA) is 90.8 Å².